The lowest BCUT2D eigenvalue weighted by molar-refractivity contribution is -0.120. The molecule has 1 aromatic heterocycles. The lowest BCUT2D eigenvalue weighted by Gasteiger charge is -2.01. The van der Waals surface area contributed by atoms with Crippen LogP contribution in [0, 0.1) is 12.3 Å². The molecular formula is C9H12N4O. The topological polar surface area (TPSA) is 70.7 Å². The highest BCUT2D eigenvalue weighted by Gasteiger charge is 2.00. The molecule has 0 aliphatic heterocycles. The summed E-state index contributed by atoms with van der Waals surface area (Å²) in [5.41, 5.74) is 0. The van der Waals surface area contributed by atoms with Crippen LogP contribution in [0.15, 0.2) is 6.33 Å². The maximum atomic E-state index is 11.1. The lowest BCUT2D eigenvalue weighted by Crippen LogP contribution is -2.25. The summed E-state index contributed by atoms with van der Waals surface area (Å²) in [5, 5.41) is 9.14. The van der Waals surface area contributed by atoms with Gasteiger partial charge in [0, 0.05) is 25.8 Å². The molecule has 0 aliphatic carbocycles. The SMILES string of the molecule is C#CCCC(=O)NCCc1ncn[nH]1. The molecule has 74 valence electrons. The van der Waals surface area contributed by atoms with Crippen LogP contribution in [0.4, 0.5) is 0 Å². The van der Waals surface area contributed by atoms with Gasteiger partial charge in [-0.3, -0.25) is 9.89 Å². The summed E-state index contributed by atoms with van der Waals surface area (Å²) in [4.78, 5) is 15.0. The van der Waals surface area contributed by atoms with Crippen molar-refractivity contribution in [2.75, 3.05) is 6.54 Å². The number of aromatic nitrogens is 3. The zero-order chi connectivity index (χ0) is 10.2. The Balaban J connectivity index is 2.10. The molecule has 1 amide bonds. The number of nitrogens with one attached hydrogen (secondary N) is 2. The Kier molecular flexibility index (Phi) is 4.21. The second kappa shape index (κ2) is 5.75. The number of carbonyl (C=O) groups is 1. The van der Waals surface area contributed by atoms with Gasteiger partial charge < -0.3 is 5.32 Å². The second-order valence-corrected chi connectivity index (χ2v) is 2.74. The van der Waals surface area contributed by atoms with E-state index in [9.17, 15) is 4.79 Å². The van der Waals surface area contributed by atoms with Gasteiger partial charge in [0.1, 0.15) is 12.2 Å². The Morgan fingerprint density at radius 1 is 1.71 bits per heavy atom. The molecule has 0 atom stereocenters. The number of H-pyrrole nitrogens is 1. The van der Waals surface area contributed by atoms with Crippen molar-refractivity contribution in [2.45, 2.75) is 19.3 Å². The number of carbonyl (C=O) groups excluding carboxylic acids is 1. The lowest BCUT2D eigenvalue weighted by atomic mass is 10.3. The van der Waals surface area contributed by atoms with Gasteiger partial charge in [-0.1, -0.05) is 0 Å². The first kappa shape index (κ1) is 10.3. The predicted octanol–water partition coefficient (Wildman–Crippen LogP) is -0.123. The number of amides is 1. The molecule has 1 heterocycles. The summed E-state index contributed by atoms with van der Waals surface area (Å²) in [5.74, 6) is 3.15. The van der Waals surface area contributed by atoms with Gasteiger partial charge in [-0.25, -0.2) is 4.98 Å². The largest absolute Gasteiger partial charge is 0.356 e. The van der Waals surface area contributed by atoms with Crippen LogP contribution in [0.5, 0.6) is 0 Å². The van der Waals surface area contributed by atoms with E-state index in [4.69, 9.17) is 6.42 Å². The van der Waals surface area contributed by atoms with Gasteiger partial charge in [0.2, 0.25) is 5.91 Å². The Bertz CT molecular complexity index is 312. The molecule has 0 spiro atoms. The standard InChI is InChI=1S/C9H12N4O/c1-2-3-4-9(14)10-6-5-8-11-7-12-13-8/h1,7H,3-6H2,(H,10,14)(H,11,12,13). The highest BCUT2D eigenvalue weighted by Crippen LogP contribution is 1.88. The van der Waals surface area contributed by atoms with Crippen molar-refractivity contribution in [1.29, 1.82) is 0 Å². The van der Waals surface area contributed by atoms with Crippen molar-refractivity contribution in [3.63, 3.8) is 0 Å². The first-order valence-corrected chi connectivity index (χ1v) is 4.37. The van der Waals surface area contributed by atoms with Crippen LogP contribution >= 0.6 is 0 Å². The Morgan fingerprint density at radius 2 is 2.57 bits per heavy atom. The average Bonchev–Trinajstić information content (AvgIpc) is 2.67. The normalized spacial score (nSPS) is 9.36. The van der Waals surface area contributed by atoms with Crippen LogP contribution in [-0.2, 0) is 11.2 Å². The Morgan fingerprint density at radius 3 is 3.21 bits per heavy atom. The Hall–Kier alpha value is -1.83. The predicted molar refractivity (Wildman–Crippen MR) is 51.2 cm³/mol. The van der Waals surface area contributed by atoms with Crippen LogP contribution in [-0.4, -0.2) is 27.6 Å². The number of rotatable bonds is 5. The minimum atomic E-state index is -0.0255. The molecule has 5 heteroatoms. The molecule has 0 aliphatic rings. The maximum absolute atomic E-state index is 11.1. The summed E-state index contributed by atoms with van der Waals surface area (Å²) >= 11 is 0. The van der Waals surface area contributed by atoms with Crippen molar-refractivity contribution >= 4 is 5.91 Å². The third-order valence-corrected chi connectivity index (χ3v) is 1.65. The Labute approximate surface area is 82.3 Å². The average molecular weight is 192 g/mol. The van der Waals surface area contributed by atoms with Crippen molar-refractivity contribution in [1.82, 2.24) is 20.5 Å². The summed E-state index contributed by atoms with van der Waals surface area (Å²) in [6.07, 6.45) is 7.99. The fourth-order valence-electron chi connectivity index (χ4n) is 0.946. The summed E-state index contributed by atoms with van der Waals surface area (Å²) in [7, 11) is 0. The molecule has 1 rings (SSSR count). The maximum Gasteiger partial charge on any atom is 0.220 e. The van der Waals surface area contributed by atoms with Gasteiger partial charge in [0.05, 0.1) is 0 Å². The highest BCUT2D eigenvalue weighted by molar-refractivity contribution is 5.76. The van der Waals surface area contributed by atoms with Gasteiger partial charge >= 0.3 is 0 Å². The summed E-state index contributed by atoms with van der Waals surface area (Å²) in [6, 6.07) is 0. The molecule has 0 unspecified atom stereocenters. The van der Waals surface area contributed by atoms with Gasteiger partial charge in [-0.05, 0) is 0 Å². The fraction of sp³-hybridized carbons (Fsp3) is 0.444. The van der Waals surface area contributed by atoms with E-state index in [1.165, 1.54) is 6.33 Å². The first-order valence-electron chi connectivity index (χ1n) is 4.37. The quantitative estimate of drug-likeness (QED) is 0.639. The minimum Gasteiger partial charge on any atom is -0.356 e. The molecule has 0 bridgehead atoms. The van der Waals surface area contributed by atoms with Crippen LogP contribution in [0.25, 0.3) is 0 Å². The third-order valence-electron chi connectivity index (χ3n) is 1.65. The van der Waals surface area contributed by atoms with Crippen LogP contribution in [0.2, 0.25) is 0 Å². The number of hydrogen-bond acceptors (Lipinski definition) is 3. The van der Waals surface area contributed by atoms with Crippen molar-refractivity contribution in [3.8, 4) is 12.3 Å². The van der Waals surface area contributed by atoms with Crippen LogP contribution < -0.4 is 5.32 Å². The van der Waals surface area contributed by atoms with Crippen LogP contribution in [0.1, 0.15) is 18.7 Å². The van der Waals surface area contributed by atoms with E-state index in [1.807, 2.05) is 0 Å². The monoisotopic (exact) mass is 192 g/mol. The van der Waals surface area contributed by atoms with E-state index in [0.717, 1.165) is 5.82 Å². The van der Waals surface area contributed by atoms with Gasteiger partial charge in [-0.2, -0.15) is 5.10 Å². The second-order valence-electron chi connectivity index (χ2n) is 2.74. The molecule has 0 saturated carbocycles. The van der Waals surface area contributed by atoms with Crippen molar-refractivity contribution in [3.05, 3.63) is 12.2 Å². The zero-order valence-electron chi connectivity index (χ0n) is 7.79. The molecule has 0 saturated heterocycles. The van der Waals surface area contributed by atoms with Gasteiger partial charge in [0.15, 0.2) is 0 Å². The van der Waals surface area contributed by atoms with E-state index in [1.54, 1.807) is 0 Å². The van der Waals surface area contributed by atoms with E-state index in [0.29, 0.717) is 25.8 Å². The minimum absolute atomic E-state index is 0.0255. The molecule has 0 aromatic carbocycles. The summed E-state index contributed by atoms with van der Waals surface area (Å²) < 4.78 is 0. The smallest absolute Gasteiger partial charge is 0.220 e. The van der Waals surface area contributed by atoms with Gasteiger partial charge in [-0.15, -0.1) is 12.3 Å². The number of terminal acetylenes is 1. The number of hydrogen-bond donors (Lipinski definition) is 2. The third kappa shape index (κ3) is 3.72. The molecule has 1 aromatic rings. The van der Waals surface area contributed by atoms with Gasteiger partial charge in [0.25, 0.3) is 0 Å². The zero-order valence-corrected chi connectivity index (χ0v) is 7.79. The molecule has 0 radical (unpaired) electrons. The fourth-order valence-corrected chi connectivity index (χ4v) is 0.946. The molecule has 0 fully saturated rings. The highest BCUT2D eigenvalue weighted by atomic mass is 16.1. The van der Waals surface area contributed by atoms with Crippen molar-refractivity contribution < 1.29 is 4.79 Å². The van der Waals surface area contributed by atoms with E-state index in [2.05, 4.69) is 26.4 Å². The molecule has 14 heavy (non-hydrogen) atoms. The molecular weight excluding hydrogens is 180 g/mol. The summed E-state index contributed by atoms with van der Waals surface area (Å²) in [6.45, 7) is 0.554. The number of nitrogens with zero attached hydrogens (tertiary/aromatic N) is 2. The number of aromatic amines is 1. The van der Waals surface area contributed by atoms with E-state index >= 15 is 0 Å². The van der Waals surface area contributed by atoms with E-state index in [-0.39, 0.29) is 5.91 Å². The molecule has 2 N–H and O–H groups in total. The molecule has 5 nitrogen and oxygen atoms in total. The first-order chi connectivity index (χ1) is 6.83. The van der Waals surface area contributed by atoms with Crippen molar-refractivity contribution in [2.24, 2.45) is 0 Å². The van der Waals surface area contributed by atoms with E-state index < -0.39 is 0 Å². The van der Waals surface area contributed by atoms with Crippen LogP contribution in [0.3, 0.4) is 0 Å².